The number of allylic oxidation sites excluding steroid dienone is 2. The molecule has 0 aromatic carbocycles. The lowest BCUT2D eigenvalue weighted by atomic mass is 10.1. The van der Waals surface area contributed by atoms with Crippen LogP contribution in [0, 0.1) is 0 Å². The van der Waals surface area contributed by atoms with E-state index in [2.05, 4.69) is 0 Å². The Morgan fingerprint density at radius 2 is 2.00 bits per heavy atom. The molecule has 0 aromatic rings. The van der Waals surface area contributed by atoms with Gasteiger partial charge in [0.15, 0.2) is 5.78 Å². The number of aliphatic hydroxyl groups excluding tert-OH is 1. The minimum Gasteiger partial charge on any atom is -0.392 e. The Morgan fingerprint density at radius 1 is 1.42 bits per heavy atom. The topological polar surface area (TPSA) is 54.4 Å². The second kappa shape index (κ2) is 5.66. The van der Waals surface area contributed by atoms with Crippen molar-refractivity contribution in [1.82, 2.24) is 0 Å². The fourth-order valence-electron chi connectivity index (χ4n) is 0.890. The average molecular weight is 170 g/mol. The van der Waals surface area contributed by atoms with Crippen LogP contribution in [0.15, 0.2) is 12.2 Å². The fraction of sp³-hybridized carbons (Fsp3) is 0.556. The molecule has 0 aliphatic heterocycles. The van der Waals surface area contributed by atoms with Crippen LogP contribution in [0.2, 0.25) is 0 Å². The number of hydrogen-bond acceptors (Lipinski definition) is 3. The minimum absolute atomic E-state index is 0.0317. The van der Waals surface area contributed by atoms with Crippen LogP contribution < -0.4 is 0 Å². The number of rotatable bonds is 5. The molecular weight excluding hydrogens is 156 g/mol. The van der Waals surface area contributed by atoms with E-state index in [1.807, 2.05) is 0 Å². The van der Waals surface area contributed by atoms with Crippen molar-refractivity contribution in [3.63, 3.8) is 0 Å². The lowest BCUT2D eigenvalue weighted by molar-refractivity contribution is -0.120. The van der Waals surface area contributed by atoms with E-state index in [0.29, 0.717) is 0 Å². The zero-order valence-electron chi connectivity index (χ0n) is 7.41. The van der Waals surface area contributed by atoms with Gasteiger partial charge in [0.25, 0.3) is 0 Å². The summed E-state index contributed by atoms with van der Waals surface area (Å²) in [5, 5.41) is 9.14. The van der Waals surface area contributed by atoms with Gasteiger partial charge in [-0.15, -0.1) is 0 Å². The SMILES string of the molecule is C/C=C/C(=O)CC(O)CC(C)=O. The molecule has 1 atom stereocenters. The monoisotopic (exact) mass is 170 g/mol. The fourth-order valence-corrected chi connectivity index (χ4v) is 0.890. The molecule has 0 aliphatic rings. The summed E-state index contributed by atoms with van der Waals surface area (Å²) in [6, 6.07) is 0. The molecule has 3 heteroatoms. The van der Waals surface area contributed by atoms with Crippen molar-refractivity contribution in [2.24, 2.45) is 0 Å². The third-order valence-electron chi connectivity index (χ3n) is 1.31. The quantitative estimate of drug-likeness (QED) is 0.622. The van der Waals surface area contributed by atoms with Crippen molar-refractivity contribution in [3.05, 3.63) is 12.2 Å². The first-order valence-electron chi connectivity index (χ1n) is 3.89. The van der Waals surface area contributed by atoms with E-state index in [4.69, 9.17) is 5.11 Å². The number of hydrogen-bond donors (Lipinski definition) is 1. The number of Topliss-reactive ketones (excluding diaryl/α,β-unsaturated/α-hetero) is 1. The van der Waals surface area contributed by atoms with Crippen molar-refractivity contribution in [2.75, 3.05) is 0 Å². The van der Waals surface area contributed by atoms with Crippen molar-refractivity contribution in [2.45, 2.75) is 32.8 Å². The predicted molar refractivity (Wildman–Crippen MR) is 45.7 cm³/mol. The summed E-state index contributed by atoms with van der Waals surface area (Å²) >= 11 is 0. The van der Waals surface area contributed by atoms with E-state index in [-0.39, 0.29) is 24.4 Å². The minimum atomic E-state index is -0.828. The highest BCUT2D eigenvalue weighted by Crippen LogP contribution is 2.00. The van der Waals surface area contributed by atoms with Crippen molar-refractivity contribution in [1.29, 1.82) is 0 Å². The largest absolute Gasteiger partial charge is 0.392 e. The first-order valence-corrected chi connectivity index (χ1v) is 3.89. The van der Waals surface area contributed by atoms with Crippen LogP contribution >= 0.6 is 0 Å². The average Bonchev–Trinajstić information content (AvgIpc) is 1.84. The summed E-state index contributed by atoms with van der Waals surface area (Å²) < 4.78 is 0. The summed E-state index contributed by atoms with van der Waals surface area (Å²) in [7, 11) is 0. The van der Waals surface area contributed by atoms with Crippen LogP contribution in [0.5, 0.6) is 0 Å². The Kier molecular flexibility index (Phi) is 5.21. The standard InChI is InChI=1S/C9H14O3/c1-3-4-8(11)6-9(12)5-7(2)10/h3-4,9,12H,5-6H2,1-2H3/b4-3+. The molecule has 0 amide bonds. The van der Waals surface area contributed by atoms with Gasteiger partial charge in [0.2, 0.25) is 0 Å². The van der Waals surface area contributed by atoms with Crippen LogP contribution in [0.1, 0.15) is 26.7 Å². The molecule has 0 aromatic heterocycles. The maximum absolute atomic E-state index is 10.9. The maximum Gasteiger partial charge on any atom is 0.157 e. The molecular formula is C9H14O3. The summed E-state index contributed by atoms with van der Waals surface area (Å²) in [6.07, 6.45) is 2.27. The smallest absolute Gasteiger partial charge is 0.157 e. The van der Waals surface area contributed by atoms with Gasteiger partial charge in [-0.05, 0) is 19.9 Å². The van der Waals surface area contributed by atoms with Gasteiger partial charge in [-0.1, -0.05) is 6.08 Å². The number of carbonyl (C=O) groups is 2. The third-order valence-corrected chi connectivity index (χ3v) is 1.31. The molecule has 68 valence electrons. The highest BCUT2D eigenvalue weighted by molar-refractivity contribution is 5.90. The van der Waals surface area contributed by atoms with Gasteiger partial charge in [-0.25, -0.2) is 0 Å². The summed E-state index contributed by atoms with van der Waals surface area (Å²) in [6.45, 7) is 3.12. The third kappa shape index (κ3) is 5.80. The summed E-state index contributed by atoms with van der Waals surface area (Å²) in [5.74, 6) is -0.248. The maximum atomic E-state index is 10.9. The lowest BCUT2D eigenvalue weighted by Crippen LogP contribution is -2.15. The highest BCUT2D eigenvalue weighted by Gasteiger charge is 2.10. The molecule has 0 heterocycles. The second-order valence-electron chi connectivity index (χ2n) is 2.73. The van der Waals surface area contributed by atoms with Crippen molar-refractivity contribution >= 4 is 11.6 Å². The van der Waals surface area contributed by atoms with E-state index < -0.39 is 6.10 Å². The molecule has 0 bridgehead atoms. The van der Waals surface area contributed by atoms with E-state index in [9.17, 15) is 9.59 Å². The highest BCUT2D eigenvalue weighted by atomic mass is 16.3. The van der Waals surface area contributed by atoms with Gasteiger partial charge in [-0.2, -0.15) is 0 Å². The van der Waals surface area contributed by atoms with Crippen LogP contribution in [-0.2, 0) is 9.59 Å². The Hall–Kier alpha value is -0.960. The number of carbonyl (C=O) groups excluding carboxylic acids is 2. The summed E-state index contributed by atoms with van der Waals surface area (Å²) in [5.41, 5.74) is 0. The lowest BCUT2D eigenvalue weighted by Gasteiger charge is -2.04. The molecule has 1 N–H and O–H groups in total. The molecule has 3 nitrogen and oxygen atoms in total. The molecule has 0 fully saturated rings. The molecule has 12 heavy (non-hydrogen) atoms. The van der Waals surface area contributed by atoms with Gasteiger partial charge < -0.3 is 5.11 Å². The van der Waals surface area contributed by atoms with Crippen LogP contribution in [0.4, 0.5) is 0 Å². The molecule has 0 rings (SSSR count). The van der Waals surface area contributed by atoms with Crippen LogP contribution in [-0.4, -0.2) is 22.8 Å². The normalized spacial score (nSPS) is 13.2. The molecule has 0 aliphatic carbocycles. The molecule has 0 spiro atoms. The Balaban J connectivity index is 3.76. The Bertz CT molecular complexity index is 194. The first-order chi connectivity index (χ1) is 5.56. The van der Waals surface area contributed by atoms with Crippen molar-refractivity contribution < 1.29 is 14.7 Å². The van der Waals surface area contributed by atoms with Crippen LogP contribution in [0.25, 0.3) is 0 Å². The summed E-state index contributed by atoms with van der Waals surface area (Å²) in [4.78, 5) is 21.4. The Labute approximate surface area is 72.1 Å². The van der Waals surface area contributed by atoms with Crippen LogP contribution in [0.3, 0.4) is 0 Å². The molecule has 1 unspecified atom stereocenters. The van der Waals surface area contributed by atoms with Gasteiger partial charge in [0.1, 0.15) is 5.78 Å². The van der Waals surface area contributed by atoms with Gasteiger partial charge >= 0.3 is 0 Å². The zero-order chi connectivity index (χ0) is 9.56. The molecule has 0 saturated heterocycles. The van der Waals surface area contributed by atoms with E-state index in [1.54, 1.807) is 13.0 Å². The molecule has 0 saturated carbocycles. The second-order valence-corrected chi connectivity index (χ2v) is 2.73. The van der Waals surface area contributed by atoms with Gasteiger partial charge in [0.05, 0.1) is 6.10 Å². The predicted octanol–water partition coefficient (Wildman–Crippen LogP) is 0.862. The number of aliphatic hydroxyl groups is 1. The van der Waals surface area contributed by atoms with Gasteiger partial charge in [0, 0.05) is 12.8 Å². The molecule has 0 radical (unpaired) electrons. The zero-order valence-corrected chi connectivity index (χ0v) is 7.41. The number of ketones is 2. The van der Waals surface area contributed by atoms with E-state index >= 15 is 0 Å². The van der Waals surface area contributed by atoms with E-state index in [0.717, 1.165) is 0 Å². The van der Waals surface area contributed by atoms with E-state index in [1.165, 1.54) is 13.0 Å². The van der Waals surface area contributed by atoms with Crippen molar-refractivity contribution in [3.8, 4) is 0 Å². The van der Waals surface area contributed by atoms with Gasteiger partial charge in [-0.3, -0.25) is 9.59 Å². The first kappa shape index (κ1) is 11.0. The Morgan fingerprint density at radius 3 is 2.42 bits per heavy atom.